The number of ether oxygens (including phenoxy) is 2. The number of carbonyl (C=O) groups excluding carboxylic acids is 1. The summed E-state index contributed by atoms with van der Waals surface area (Å²) >= 11 is 0. The van der Waals surface area contributed by atoms with Gasteiger partial charge < -0.3 is 23.9 Å². The summed E-state index contributed by atoms with van der Waals surface area (Å²) in [6, 6.07) is 6.38. The quantitative estimate of drug-likeness (QED) is 0.688. The van der Waals surface area contributed by atoms with Crippen molar-refractivity contribution in [3.8, 4) is 11.1 Å². The Balaban J connectivity index is 1.60. The van der Waals surface area contributed by atoms with Gasteiger partial charge in [0.05, 0.1) is 29.4 Å². The topological polar surface area (TPSA) is 91.4 Å². The minimum absolute atomic E-state index is 0.102. The molecular weight excluding hydrogens is 396 g/mol. The number of aromatic nitrogens is 3. The molecule has 8 heteroatoms. The van der Waals surface area contributed by atoms with Crippen molar-refractivity contribution in [2.75, 3.05) is 20.3 Å². The highest BCUT2D eigenvalue weighted by Gasteiger charge is 2.31. The number of methoxy groups -OCH3 is 1. The van der Waals surface area contributed by atoms with Crippen molar-refractivity contribution in [2.45, 2.75) is 57.7 Å². The van der Waals surface area contributed by atoms with Crippen molar-refractivity contribution >= 4 is 16.9 Å². The highest BCUT2D eigenvalue weighted by Crippen LogP contribution is 2.37. The first-order valence-corrected chi connectivity index (χ1v) is 10.9. The largest absolute Gasteiger partial charge is 0.381 e. The predicted octanol–water partition coefficient (Wildman–Crippen LogP) is 3.63. The number of imidazole rings is 1. The molecule has 1 aliphatic carbocycles. The number of amides is 1. The fourth-order valence-corrected chi connectivity index (χ4v) is 5.02. The SMILES string of the molecule is COC1CCC(n2c([C@H]3COCC(=O)N3)nc3cc(-c4c(C)noc4C)ccc32)CC1. The van der Waals surface area contributed by atoms with E-state index in [1.807, 2.05) is 13.8 Å². The highest BCUT2D eigenvalue weighted by molar-refractivity contribution is 5.84. The molecule has 0 spiro atoms. The zero-order chi connectivity index (χ0) is 21.5. The number of rotatable bonds is 4. The van der Waals surface area contributed by atoms with E-state index in [-0.39, 0.29) is 18.6 Å². The summed E-state index contributed by atoms with van der Waals surface area (Å²) in [5.41, 5.74) is 4.88. The van der Waals surface area contributed by atoms with Crippen LogP contribution in [0.5, 0.6) is 0 Å². The van der Waals surface area contributed by atoms with Gasteiger partial charge in [-0.1, -0.05) is 11.2 Å². The lowest BCUT2D eigenvalue weighted by Crippen LogP contribution is -2.41. The number of morpholine rings is 1. The van der Waals surface area contributed by atoms with E-state index in [1.54, 1.807) is 7.11 Å². The first kappa shape index (κ1) is 20.2. The van der Waals surface area contributed by atoms with E-state index in [0.717, 1.165) is 65.1 Å². The first-order valence-electron chi connectivity index (χ1n) is 10.9. The maximum Gasteiger partial charge on any atom is 0.246 e. The van der Waals surface area contributed by atoms with Gasteiger partial charge in [-0.15, -0.1) is 0 Å². The van der Waals surface area contributed by atoms with Crippen LogP contribution in [-0.2, 0) is 14.3 Å². The lowest BCUT2D eigenvalue weighted by molar-refractivity contribution is -0.131. The second-order valence-electron chi connectivity index (χ2n) is 8.54. The van der Waals surface area contributed by atoms with E-state index in [1.165, 1.54) is 0 Å². The fraction of sp³-hybridized carbons (Fsp3) is 0.522. The van der Waals surface area contributed by atoms with Gasteiger partial charge in [-0.3, -0.25) is 4.79 Å². The number of hydrogen-bond acceptors (Lipinski definition) is 6. The molecule has 5 rings (SSSR count). The maximum absolute atomic E-state index is 12.0. The standard InChI is InChI=1S/C23H28N4O4/c1-13-22(14(2)31-26-13)15-4-9-20-18(10-15)25-23(19-11-30-12-21(28)24-19)27(20)16-5-7-17(29-3)8-6-16/h4,9-10,16-17,19H,5-8,11-12H2,1-3H3,(H,24,28)/t16?,17?,19-/m1/s1. The summed E-state index contributed by atoms with van der Waals surface area (Å²) in [6.07, 6.45) is 4.39. The highest BCUT2D eigenvalue weighted by atomic mass is 16.5. The number of aryl methyl sites for hydroxylation is 2. The van der Waals surface area contributed by atoms with E-state index < -0.39 is 0 Å². The first-order chi connectivity index (χ1) is 15.0. The van der Waals surface area contributed by atoms with Gasteiger partial charge in [0.15, 0.2) is 0 Å². The number of fused-ring (bicyclic) bond motifs is 1. The van der Waals surface area contributed by atoms with Gasteiger partial charge in [-0.05, 0) is 57.2 Å². The van der Waals surface area contributed by atoms with Crippen LogP contribution < -0.4 is 5.32 Å². The predicted molar refractivity (Wildman–Crippen MR) is 115 cm³/mol. The van der Waals surface area contributed by atoms with Crippen LogP contribution in [0.1, 0.15) is 55.0 Å². The molecule has 1 saturated heterocycles. The van der Waals surface area contributed by atoms with Gasteiger partial charge in [0.2, 0.25) is 5.91 Å². The van der Waals surface area contributed by atoms with Crippen LogP contribution in [0.25, 0.3) is 22.2 Å². The molecule has 2 aliphatic rings. The maximum atomic E-state index is 12.0. The summed E-state index contributed by atoms with van der Waals surface area (Å²) in [6.45, 7) is 4.40. The third kappa shape index (κ3) is 3.64. The molecule has 164 valence electrons. The molecular formula is C23H28N4O4. The van der Waals surface area contributed by atoms with Gasteiger partial charge in [-0.25, -0.2) is 4.98 Å². The van der Waals surface area contributed by atoms with Crippen LogP contribution in [-0.4, -0.2) is 47.0 Å². The average molecular weight is 425 g/mol. The molecule has 3 heterocycles. The molecule has 1 amide bonds. The molecule has 2 fully saturated rings. The fourth-order valence-electron chi connectivity index (χ4n) is 5.02. The molecule has 1 aromatic carbocycles. The minimum Gasteiger partial charge on any atom is -0.381 e. The van der Waals surface area contributed by atoms with Gasteiger partial charge in [0, 0.05) is 18.7 Å². The third-order valence-corrected chi connectivity index (χ3v) is 6.55. The third-order valence-electron chi connectivity index (χ3n) is 6.55. The van der Waals surface area contributed by atoms with Crippen LogP contribution >= 0.6 is 0 Å². The lowest BCUT2D eigenvalue weighted by Gasteiger charge is -2.32. The Kier molecular flexibility index (Phi) is 5.27. The Hall–Kier alpha value is -2.71. The molecule has 3 aromatic rings. The van der Waals surface area contributed by atoms with Gasteiger partial charge in [0.1, 0.15) is 24.2 Å². The lowest BCUT2D eigenvalue weighted by atomic mass is 9.92. The zero-order valence-electron chi connectivity index (χ0n) is 18.2. The number of nitrogens with one attached hydrogen (secondary N) is 1. The van der Waals surface area contributed by atoms with Crippen LogP contribution in [0.15, 0.2) is 22.7 Å². The summed E-state index contributed by atoms with van der Waals surface area (Å²) in [5, 5.41) is 7.15. The van der Waals surface area contributed by atoms with Gasteiger partial charge in [-0.2, -0.15) is 0 Å². The molecule has 0 radical (unpaired) electrons. The van der Waals surface area contributed by atoms with Crippen molar-refractivity contribution in [2.24, 2.45) is 0 Å². The van der Waals surface area contributed by atoms with Crippen molar-refractivity contribution in [1.82, 2.24) is 20.0 Å². The molecule has 1 aliphatic heterocycles. The second kappa shape index (κ2) is 8.09. The molecule has 0 bridgehead atoms. The van der Waals surface area contributed by atoms with Gasteiger partial charge in [0.25, 0.3) is 0 Å². The molecule has 2 aromatic heterocycles. The molecule has 1 saturated carbocycles. The molecule has 8 nitrogen and oxygen atoms in total. The Morgan fingerprint density at radius 3 is 2.68 bits per heavy atom. The second-order valence-corrected chi connectivity index (χ2v) is 8.54. The summed E-state index contributed by atoms with van der Waals surface area (Å²) < 4.78 is 18.8. The average Bonchev–Trinajstić information content (AvgIpc) is 3.33. The monoisotopic (exact) mass is 424 g/mol. The van der Waals surface area contributed by atoms with Crippen molar-refractivity contribution in [1.29, 1.82) is 0 Å². The van der Waals surface area contributed by atoms with Gasteiger partial charge >= 0.3 is 0 Å². The van der Waals surface area contributed by atoms with E-state index in [2.05, 4.69) is 33.2 Å². The molecule has 0 unspecified atom stereocenters. The summed E-state index contributed by atoms with van der Waals surface area (Å²) in [5.74, 6) is 1.55. The minimum atomic E-state index is -0.253. The number of hydrogen-bond donors (Lipinski definition) is 1. The summed E-state index contributed by atoms with van der Waals surface area (Å²) in [4.78, 5) is 17.0. The van der Waals surface area contributed by atoms with E-state index in [9.17, 15) is 4.79 Å². The van der Waals surface area contributed by atoms with E-state index >= 15 is 0 Å². The number of benzene rings is 1. The zero-order valence-corrected chi connectivity index (χ0v) is 18.2. The smallest absolute Gasteiger partial charge is 0.246 e. The molecule has 1 N–H and O–H groups in total. The normalized spacial score (nSPS) is 24.5. The van der Waals surface area contributed by atoms with E-state index in [0.29, 0.717) is 18.8 Å². The Morgan fingerprint density at radius 2 is 2.00 bits per heavy atom. The van der Waals surface area contributed by atoms with Crippen LogP contribution in [0, 0.1) is 13.8 Å². The van der Waals surface area contributed by atoms with Crippen LogP contribution in [0.2, 0.25) is 0 Å². The van der Waals surface area contributed by atoms with Crippen molar-refractivity contribution in [3.63, 3.8) is 0 Å². The van der Waals surface area contributed by atoms with Crippen LogP contribution in [0.4, 0.5) is 0 Å². The number of carbonyl (C=O) groups is 1. The van der Waals surface area contributed by atoms with E-state index in [4.69, 9.17) is 19.0 Å². The number of nitrogens with zero attached hydrogens (tertiary/aromatic N) is 3. The summed E-state index contributed by atoms with van der Waals surface area (Å²) in [7, 11) is 1.79. The molecule has 1 atom stereocenters. The Labute approximate surface area is 180 Å². The Morgan fingerprint density at radius 1 is 1.19 bits per heavy atom. The molecule has 31 heavy (non-hydrogen) atoms. The Bertz CT molecular complexity index is 1090. The van der Waals surface area contributed by atoms with Crippen LogP contribution in [0.3, 0.4) is 0 Å². The van der Waals surface area contributed by atoms with Crippen molar-refractivity contribution < 1.29 is 18.8 Å². The van der Waals surface area contributed by atoms with Crippen molar-refractivity contribution in [3.05, 3.63) is 35.5 Å².